The number of thiazole rings is 1. The van der Waals surface area contributed by atoms with Crippen LogP contribution in [0.25, 0.3) is 11.5 Å². The van der Waals surface area contributed by atoms with Gasteiger partial charge >= 0.3 is 0 Å². The van der Waals surface area contributed by atoms with Gasteiger partial charge in [0.2, 0.25) is 11.7 Å². The van der Waals surface area contributed by atoms with Gasteiger partial charge in [-0.1, -0.05) is 5.16 Å². The van der Waals surface area contributed by atoms with E-state index < -0.39 is 0 Å². The van der Waals surface area contributed by atoms with Gasteiger partial charge in [-0.25, -0.2) is 9.97 Å². The smallest absolute Gasteiger partial charge is 0.265 e. The van der Waals surface area contributed by atoms with Crippen molar-refractivity contribution in [3.8, 4) is 11.5 Å². The molecule has 0 N–H and O–H groups in total. The SMILES string of the molecule is Cc1ncsc1C(=O)N1CCCC(Cc2nc(-c3cnccn3)no2)C1. The molecule has 4 rings (SSSR count). The van der Waals surface area contributed by atoms with Crippen molar-refractivity contribution in [3.63, 3.8) is 0 Å². The molecule has 0 spiro atoms. The van der Waals surface area contributed by atoms with E-state index in [1.807, 2.05) is 11.8 Å². The number of rotatable bonds is 4. The van der Waals surface area contributed by atoms with Crippen LogP contribution in [0.2, 0.25) is 0 Å². The van der Waals surface area contributed by atoms with Crippen molar-refractivity contribution in [2.24, 2.45) is 5.92 Å². The molecule has 134 valence electrons. The van der Waals surface area contributed by atoms with Crippen molar-refractivity contribution in [3.05, 3.63) is 40.6 Å². The molecule has 4 heterocycles. The number of hydrogen-bond donors (Lipinski definition) is 0. The molecular weight excluding hydrogens is 352 g/mol. The summed E-state index contributed by atoms with van der Waals surface area (Å²) in [6.45, 7) is 3.35. The molecule has 0 saturated carbocycles. The fourth-order valence-electron chi connectivity index (χ4n) is 3.17. The highest BCUT2D eigenvalue weighted by Gasteiger charge is 2.27. The second-order valence-electron chi connectivity index (χ2n) is 6.33. The van der Waals surface area contributed by atoms with Gasteiger partial charge in [-0.15, -0.1) is 11.3 Å². The highest BCUT2D eigenvalue weighted by molar-refractivity contribution is 7.11. The number of amides is 1. The summed E-state index contributed by atoms with van der Waals surface area (Å²) in [6.07, 6.45) is 7.46. The Kier molecular flexibility index (Phi) is 4.70. The van der Waals surface area contributed by atoms with Gasteiger partial charge < -0.3 is 9.42 Å². The van der Waals surface area contributed by atoms with Crippen molar-refractivity contribution in [2.45, 2.75) is 26.2 Å². The number of hydrogen-bond acceptors (Lipinski definition) is 8. The zero-order valence-corrected chi connectivity index (χ0v) is 15.1. The minimum atomic E-state index is 0.0699. The third kappa shape index (κ3) is 3.48. The second kappa shape index (κ2) is 7.28. The van der Waals surface area contributed by atoms with Crippen LogP contribution in [-0.2, 0) is 6.42 Å². The van der Waals surface area contributed by atoms with Crippen LogP contribution in [-0.4, -0.2) is 49.0 Å². The number of likely N-dealkylation sites (tertiary alicyclic amines) is 1. The lowest BCUT2D eigenvalue weighted by atomic mass is 9.94. The Labute approximate surface area is 154 Å². The standard InChI is InChI=1S/C17H18N6O2S/c1-11-15(26-10-20-11)17(24)23-6-2-3-12(9-23)7-14-21-16(22-25-14)13-8-18-4-5-19-13/h4-5,8,10,12H,2-3,6-7,9H2,1H3. The van der Waals surface area contributed by atoms with Crippen LogP contribution in [0, 0.1) is 12.8 Å². The molecule has 3 aromatic heterocycles. The summed E-state index contributed by atoms with van der Waals surface area (Å²) in [5.74, 6) is 1.38. The number of aromatic nitrogens is 5. The largest absolute Gasteiger partial charge is 0.339 e. The van der Waals surface area contributed by atoms with Crippen molar-refractivity contribution in [1.82, 2.24) is 30.0 Å². The maximum atomic E-state index is 12.7. The summed E-state index contributed by atoms with van der Waals surface area (Å²) in [5, 5.41) is 3.98. The molecular formula is C17H18N6O2S. The lowest BCUT2D eigenvalue weighted by Gasteiger charge is -2.32. The van der Waals surface area contributed by atoms with Gasteiger partial charge in [0.25, 0.3) is 5.91 Å². The number of carbonyl (C=O) groups is 1. The quantitative estimate of drug-likeness (QED) is 0.695. The summed E-state index contributed by atoms with van der Waals surface area (Å²) in [7, 11) is 0. The fourth-order valence-corrected chi connectivity index (χ4v) is 3.94. The van der Waals surface area contributed by atoms with Gasteiger partial charge in [0.1, 0.15) is 10.6 Å². The maximum Gasteiger partial charge on any atom is 0.265 e. The first-order valence-electron chi connectivity index (χ1n) is 8.49. The van der Waals surface area contributed by atoms with Crippen LogP contribution in [0.5, 0.6) is 0 Å². The van der Waals surface area contributed by atoms with Gasteiger partial charge in [-0.3, -0.25) is 9.78 Å². The Hall–Kier alpha value is -2.68. The topological polar surface area (TPSA) is 97.9 Å². The number of aryl methyl sites for hydroxylation is 1. The van der Waals surface area contributed by atoms with Crippen LogP contribution in [0.15, 0.2) is 28.6 Å². The van der Waals surface area contributed by atoms with E-state index in [4.69, 9.17) is 4.52 Å². The Morgan fingerprint density at radius 3 is 3.08 bits per heavy atom. The summed E-state index contributed by atoms with van der Waals surface area (Å²) >= 11 is 1.40. The molecule has 26 heavy (non-hydrogen) atoms. The Balaban J connectivity index is 1.42. The van der Waals surface area contributed by atoms with E-state index in [0.29, 0.717) is 36.3 Å². The van der Waals surface area contributed by atoms with Crippen molar-refractivity contribution in [2.75, 3.05) is 13.1 Å². The van der Waals surface area contributed by atoms with Crippen LogP contribution >= 0.6 is 11.3 Å². The molecule has 1 aliphatic heterocycles. The molecule has 1 aliphatic rings. The van der Waals surface area contributed by atoms with E-state index in [0.717, 1.165) is 30.0 Å². The molecule has 1 unspecified atom stereocenters. The van der Waals surface area contributed by atoms with Crippen LogP contribution < -0.4 is 0 Å². The van der Waals surface area contributed by atoms with Gasteiger partial charge in [0.15, 0.2) is 0 Å². The minimum absolute atomic E-state index is 0.0699. The van der Waals surface area contributed by atoms with Gasteiger partial charge in [-0.2, -0.15) is 4.98 Å². The first-order chi connectivity index (χ1) is 12.7. The summed E-state index contributed by atoms with van der Waals surface area (Å²) in [4.78, 5) is 32.1. The van der Waals surface area contributed by atoms with Crippen LogP contribution in [0.3, 0.4) is 0 Å². The van der Waals surface area contributed by atoms with Crippen molar-refractivity contribution >= 4 is 17.2 Å². The Bertz CT molecular complexity index is 894. The van der Waals surface area contributed by atoms with E-state index in [1.165, 1.54) is 11.3 Å². The molecule has 3 aromatic rings. The van der Waals surface area contributed by atoms with Gasteiger partial charge in [0.05, 0.1) is 17.4 Å². The van der Waals surface area contributed by atoms with Crippen molar-refractivity contribution in [1.29, 1.82) is 0 Å². The average Bonchev–Trinajstić information content (AvgIpc) is 3.31. The van der Waals surface area contributed by atoms with Gasteiger partial charge in [-0.05, 0) is 25.7 Å². The Morgan fingerprint density at radius 1 is 1.38 bits per heavy atom. The van der Waals surface area contributed by atoms with Gasteiger partial charge in [0, 0.05) is 31.9 Å². The molecule has 0 bridgehead atoms. The molecule has 1 fully saturated rings. The molecule has 9 heteroatoms. The first kappa shape index (κ1) is 16.8. The normalized spacial score (nSPS) is 17.4. The molecule has 8 nitrogen and oxygen atoms in total. The van der Waals surface area contributed by atoms with E-state index in [9.17, 15) is 4.79 Å². The van der Waals surface area contributed by atoms with Crippen LogP contribution in [0.4, 0.5) is 0 Å². The van der Waals surface area contributed by atoms with Crippen molar-refractivity contribution < 1.29 is 9.32 Å². The lowest BCUT2D eigenvalue weighted by molar-refractivity contribution is 0.0672. The molecule has 0 aromatic carbocycles. The van der Waals surface area contributed by atoms with E-state index in [2.05, 4.69) is 25.1 Å². The van der Waals surface area contributed by atoms with E-state index >= 15 is 0 Å². The number of piperidine rings is 1. The summed E-state index contributed by atoms with van der Waals surface area (Å²) in [5.41, 5.74) is 3.10. The molecule has 0 radical (unpaired) electrons. The Morgan fingerprint density at radius 2 is 2.31 bits per heavy atom. The molecule has 1 saturated heterocycles. The predicted octanol–water partition coefficient (Wildman–Crippen LogP) is 2.39. The molecule has 1 atom stereocenters. The third-order valence-corrected chi connectivity index (χ3v) is 5.39. The zero-order valence-electron chi connectivity index (χ0n) is 14.3. The number of nitrogens with zero attached hydrogens (tertiary/aromatic N) is 6. The summed E-state index contributed by atoms with van der Waals surface area (Å²) in [6, 6.07) is 0. The third-order valence-electron chi connectivity index (χ3n) is 4.47. The fraction of sp³-hybridized carbons (Fsp3) is 0.412. The minimum Gasteiger partial charge on any atom is -0.339 e. The average molecular weight is 370 g/mol. The first-order valence-corrected chi connectivity index (χ1v) is 9.37. The van der Waals surface area contributed by atoms with E-state index in [-0.39, 0.29) is 5.91 Å². The second-order valence-corrected chi connectivity index (χ2v) is 7.19. The highest BCUT2D eigenvalue weighted by Crippen LogP contribution is 2.24. The van der Waals surface area contributed by atoms with Crippen LogP contribution in [0.1, 0.15) is 34.1 Å². The monoisotopic (exact) mass is 370 g/mol. The number of carbonyl (C=O) groups excluding carboxylic acids is 1. The molecule has 0 aliphatic carbocycles. The lowest BCUT2D eigenvalue weighted by Crippen LogP contribution is -2.40. The maximum absolute atomic E-state index is 12.7. The summed E-state index contributed by atoms with van der Waals surface area (Å²) < 4.78 is 5.37. The van der Waals surface area contributed by atoms with E-state index in [1.54, 1.807) is 24.1 Å². The highest BCUT2D eigenvalue weighted by atomic mass is 32.1. The molecule has 1 amide bonds. The zero-order chi connectivity index (χ0) is 17.9. The predicted molar refractivity (Wildman–Crippen MR) is 94.5 cm³/mol.